The molecule has 0 spiro atoms. The van der Waals surface area contributed by atoms with Crippen molar-refractivity contribution in [3.05, 3.63) is 29.8 Å². The summed E-state index contributed by atoms with van der Waals surface area (Å²) in [6.07, 6.45) is -0.513. The number of rotatable bonds is 4. The second-order valence-electron chi connectivity index (χ2n) is 5.11. The molecule has 0 radical (unpaired) electrons. The lowest BCUT2D eigenvalue weighted by Gasteiger charge is -2.37. The number of methoxy groups -OCH3 is 1. The van der Waals surface area contributed by atoms with Crippen LogP contribution in [0.15, 0.2) is 24.3 Å². The number of ether oxygens (including phenoxy) is 1. The van der Waals surface area contributed by atoms with E-state index < -0.39 is 6.10 Å². The maximum atomic E-state index is 12.2. The van der Waals surface area contributed by atoms with Gasteiger partial charge in [0.1, 0.15) is 6.10 Å². The van der Waals surface area contributed by atoms with E-state index in [2.05, 4.69) is 36.1 Å². The van der Waals surface area contributed by atoms with E-state index in [0.29, 0.717) is 13.1 Å². The number of carbonyl (C=O) groups excluding carboxylic acids is 1. The number of halogens is 2. The summed E-state index contributed by atoms with van der Waals surface area (Å²) in [7, 11) is 1.53. The molecule has 0 bridgehead atoms. The standard InChI is InChI=1S/C15H23N3O2.2ClH/c1-12-4-3-5-13(10-12)17-6-8-18(9-7-17)15(19)14(11-16)20-2;;/h3-5,10,14H,6-9,11,16H2,1-2H3;2*1H. The third-order valence-electron chi connectivity index (χ3n) is 3.73. The van der Waals surface area contributed by atoms with Crippen molar-refractivity contribution in [1.29, 1.82) is 0 Å². The molecule has 0 aliphatic carbocycles. The van der Waals surface area contributed by atoms with Gasteiger partial charge in [-0.3, -0.25) is 4.79 Å². The predicted octanol–water partition coefficient (Wildman–Crippen LogP) is 1.46. The number of hydrogen-bond acceptors (Lipinski definition) is 4. The molecule has 22 heavy (non-hydrogen) atoms. The van der Waals surface area contributed by atoms with E-state index in [-0.39, 0.29) is 37.3 Å². The second-order valence-corrected chi connectivity index (χ2v) is 5.11. The number of piperazine rings is 1. The molecular formula is C15H25Cl2N3O2. The van der Waals surface area contributed by atoms with Gasteiger partial charge >= 0.3 is 0 Å². The summed E-state index contributed by atoms with van der Waals surface area (Å²) in [4.78, 5) is 16.3. The zero-order chi connectivity index (χ0) is 14.5. The van der Waals surface area contributed by atoms with Crippen molar-refractivity contribution >= 4 is 36.4 Å². The number of carbonyl (C=O) groups is 1. The van der Waals surface area contributed by atoms with Crippen molar-refractivity contribution in [3.63, 3.8) is 0 Å². The van der Waals surface area contributed by atoms with Gasteiger partial charge in [0.2, 0.25) is 0 Å². The van der Waals surface area contributed by atoms with E-state index in [9.17, 15) is 4.79 Å². The van der Waals surface area contributed by atoms with Gasteiger partial charge in [-0.2, -0.15) is 0 Å². The second kappa shape index (κ2) is 9.90. The largest absolute Gasteiger partial charge is 0.370 e. The zero-order valence-electron chi connectivity index (χ0n) is 13.0. The van der Waals surface area contributed by atoms with Crippen LogP contribution in [0.25, 0.3) is 0 Å². The van der Waals surface area contributed by atoms with E-state index >= 15 is 0 Å². The lowest BCUT2D eigenvalue weighted by atomic mass is 10.2. The number of nitrogens with zero attached hydrogens (tertiary/aromatic N) is 2. The van der Waals surface area contributed by atoms with E-state index in [1.165, 1.54) is 18.4 Å². The average molecular weight is 350 g/mol. The number of anilines is 1. The molecule has 0 aromatic heterocycles. The monoisotopic (exact) mass is 349 g/mol. The average Bonchev–Trinajstić information content (AvgIpc) is 2.48. The van der Waals surface area contributed by atoms with E-state index in [1.54, 1.807) is 0 Å². The summed E-state index contributed by atoms with van der Waals surface area (Å²) in [6, 6.07) is 8.45. The normalized spacial score (nSPS) is 15.6. The molecule has 1 aromatic carbocycles. The fraction of sp³-hybridized carbons (Fsp3) is 0.533. The molecule has 1 heterocycles. The fourth-order valence-electron chi connectivity index (χ4n) is 2.51. The summed E-state index contributed by atoms with van der Waals surface area (Å²) in [5.74, 6) is -0.00103. The van der Waals surface area contributed by atoms with Gasteiger partial charge in [0.05, 0.1) is 0 Å². The molecule has 0 saturated carbocycles. The van der Waals surface area contributed by atoms with Crippen molar-refractivity contribution in [3.8, 4) is 0 Å². The Bertz CT molecular complexity index is 462. The molecule has 2 rings (SSSR count). The quantitative estimate of drug-likeness (QED) is 0.893. The van der Waals surface area contributed by atoms with Gasteiger partial charge in [-0.25, -0.2) is 0 Å². The number of amides is 1. The van der Waals surface area contributed by atoms with Gasteiger partial charge in [-0.1, -0.05) is 12.1 Å². The van der Waals surface area contributed by atoms with Crippen molar-refractivity contribution in [1.82, 2.24) is 4.90 Å². The number of benzene rings is 1. The van der Waals surface area contributed by atoms with Crippen LogP contribution in [-0.4, -0.2) is 56.7 Å². The zero-order valence-corrected chi connectivity index (χ0v) is 14.7. The lowest BCUT2D eigenvalue weighted by Crippen LogP contribution is -2.53. The molecule has 1 unspecified atom stereocenters. The minimum atomic E-state index is -0.513. The van der Waals surface area contributed by atoms with Crippen molar-refractivity contribution in [2.75, 3.05) is 44.7 Å². The first kappa shape index (κ1) is 21.0. The summed E-state index contributed by atoms with van der Waals surface area (Å²) in [6.45, 7) is 5.44. The first-order valence-corrected chi connectivity index (χ1v) is 6.99. The van der Waals surface area contributed by atoms with E-state index in [4.69, 9.17) is 10.5 Å². The topological polar surface area (TPSA) is 58.8 Å². The van der Waals surface area contributed by atoms with Gasteiger partial charge in [0.15, 0.2) is 0 Å². The predicted molar refractivity (Wildman–Crippen MR) is 94.3 cm³/mol. The van der Waals surface area contributed by atoms with Crippen LogP contribution in [0.4, 0.5) is 5.69 Å². The Hall–Kier alpha value is -1.01. The molecular weight excluding hydrogens is 325 g/mol. The minimum absolute atomic E-state index is 0. The minimum Gasteiger partial charge on any atom is -0.370 e. The summed E-state index contributed by atoms with van der Waals surface area (Å²) < 4.78 is 5.11. The highest BCUT2D eigenvalue weighted by atomic mass is 35.5. The van der Waals surface area contributed by atoms with Crippen LogP contribution in [0.5, 0.6) is 0 Å². The molecule has 1 aliphatic heterocycles. The maximum absolute atomic E-state index is 12.2. The van der Waals surface area contributed by atoms with Crippen LogP contribution in [0.2, 0.25) is 0 Å². The number of nitrogens with two attached hydrogens (primary N) is 1. The third kappa shape index (κ3) is 5.02. The molecule has 1 atom stereocenters. The summed E-state index contributed by atoms with van der Waals surface area (Å²) >= 11 is 0. The van der Waals surface area contributed by atoms with Crippen molar-refractivity contribution < 1.29 is 9.53 Å². The van der Waals surface area contributed by atoms with Gasteiger partial charge in [0, 0.05) is 45.5 Å². The molecule has 1 saturated heterocycles. The van der Waals surface area contributed by atoms with Crippen molar-refractivity contribution in [2.45, 2.75) is 13.0 Å². The Labute approximate surface area is 144 Å². The Morgan fingerprint density at radius 2 is 1.91 bits per heavy atom. The van der Waals surface area contributed by atoms with Crippen LogP contribution in [-0.2, 0) is 9.53 Å². The third-order valence-corrected chi connectivity index (χ3v) is 3.73. The molecule has 1 aliphatic rings. The highest BCUT2D eigenvalue weighted by Crippen LogP contribution is 2.18. The van der Waals surface area contributed by atoms with Gasteiger partial charge in [-0.05, 0) is 24.6 Å². The molecule has 1 aromatic rings. The summed E-state index contributed by atoms with van der Waals surface area (Å²) in [5, 5.41) is 0. The van der Waals surface area contributed by atoms with E-state index in [1.807, 2.05) is 4.90 Å². The lowest BCUT2D eigenvalue weighted by molar-refractivity contribution is -0.141. The Balaban J connectivity index is 0.00000220. The van der Waals surface area contributed by atoms with Crippen LogP contribution in [0.3, 0.4) is 0 Å². The van der Waals surface area contributed by atoms with Crippen LogP contribution in [0, 0.1) is 6.92 Å². The molecule has 7 heteroatoms. The summed E-state index contributed by atoms with van der Waals surface area (Å²) in [5.41, 5.74) is 8.02. The van der Waals surface area contributed by atoms with Crippen LogP contribution < -0.4 is 10.6 Å². The Morgan fingerprint density at radius 3 is 2.41 bits per heavy atom. The number of aryl methyl sites for hydroxylation is 1. The Kier molecular flexibility index (Phi) is 9.44. The van der Waals surface area contributed by atoms with Crippen LogP contribution >= 0.6 is 24.8 Å². The maximum Gasteiger partial charge on any atom is 0.253 e. The number of hydrogen-bond donors (Lipinski definition) is 1. The molecule has 1 amide bonds. The first-order chi connectivity index (χ1) is 9.65. The van der Waals surface area contributed by atoms with Crippen LogP contribution in [0.1, 0.15) is 5.56 Å². The molecule has 1 fully saturated rings. The molecule has 126 valence electrons. The molecule has 2 N–H and O–H groups in total. The Morgan fingerprint density at radius 1 is 1.27 bits per heavy atom. The van der Waals surface area contributed by atoms with Gasteiger partial charge in [-0.15, -0.1) is 24.8 Å². The smallest absolute Gasteiger partial charge is 0.253 e. The fourth-order valence-corrected chi connectivity index (χ4v) is 2.51. The highest BCUT2D eigenvalue weighted by molar-refractivity contribution is 5.85. The highest BCUT2D eigenvalue weighted by Gasteiger charge is 2.26. The first-order valence-electron chi connectivity index (χ1n) is 6.99. The van der Waals surface area contributed by atoms with Gasteiger partial charge < -0.3 is 20.3 Å². The van der Waals surface area contributed by atoms with Gasteiger partial charge in [0.25, 0.3) is 5.91 Å². The SMILES string of the molecule is COC(CN)C(=O)N1CCN(c2cccc(C)c2)CC1.Cl.Cl. The molecule has 5 nitrogen and oxygen atoms in total. The van der Waals surface area contributed by atoms with Crippen molar-refractivity contribution in [2.24, 2.45) is 5.73 Å². The van der Waals surface area contributed by atoms with E-state index in [0.717, 1.165) is 13.1 Å².